The number of aliphatic carboxylic acids is 1. The van der Waals surface area contributed by atoms with Gasteiger partial charge in [0.15, 0.2) is 0 Å². The number of hydrogen-bond donors (Lipinski definition) is 1. The minimum Gasteiger partial charge on any atom is -0.481 e. The first-order valence-corrected chi connectivity index (χ1v) is 5.33. The number of hydrogen-bond acceptors (Lipinski definition) is 2. The minimum absolute atomic E-state index is 0.0856. The molecule has 1 amide bonds. The van der Waals surface area contributed by atoms with E-state index in [2.05, 4.69) is 0 Å². The number of carbonyl (C=O) groups excluding carboxylic acids is 1. The predicted octanol–water partition coefficient (Wildman–Crippen LogP) is 1.50. The van der Waals surface area contributed by atoms with E-state index in [9.17, 15) is 18.4 Å². The molecule has 1 heterocycles. The smallest absolute Gasteiger partial charge is 0.315 e. The molecule has 1 N–H and O–H groups in total. The summed E-state index contributed by atoms with van der Waals surface area (Å²) in [5, 5.41) is 8.53. The van der Waals surface area contributed by atoms with Crippen LogP contribution in [0.25, 0.3) is 0 Å². The molecule has 16 heavy (non-hydrogen) atoms. The molecule has 1 saturated heterocycles. The molecule has 0 aliphatic carbocycles. The van der Waals surface area contributed by atoms with Crippen LogP contribution in [0.5, 0.6) is 0 Å². The van der Waals surface area contributed by atoms with Crippen LogP contribution in [0.15, 0.2) is 0 Å². The number of halogens is 2. The highest BCUT2D eigenvalue weighted by atomic mass is 19.3. The van der Waals surface area contributed by atoms with Gasteiger partial charge in [0.1, 0.15) is 0 Å². The Hall–Kier alpha value is -1.20. The number of rotatable bonds is 4. The Labute approximate surface area is 92.2 Å². The molecule has 0 bridgehead atoms. The average molecular weight is 235 g/mol. The predicted molar refractivity (Wildman–Crippen MR) is 52.2 cm³/mol. The maximum absolute atomic E-state index is 12.3. The number of nitrogens with zero attached hydrogens (tertiary/aromatic N) is 1. The molecular formula is C10H15F2NO3. The molecule has 4 nitrogen and oxygen atoms in total. The van der Waals surface area contributed by atoms with Gasteiger partial charge >= 0.3 is 12.4 Å². The molecule has 1 aliphatic heterocycles. The van der Waals surface area contributed by atoms with E-state index in [1.807, 2.05) is 0 Å². The largest absolute Gasteiger partial charge is 0.481 e. The number of alkyl halides is 2. The van der Waals surface area contributed by atoms with Crippen molar-refractivity contribution >= 4 is 11.9 Å². The lowest BCUT2D eigenvalue weighted by molar-refractivity contribution is -0.148. The Morgan fingerprint density at radius 2 is 2.06 bits per heavy atom. The summed E-state index contributed by atoms with van der Waals surface area (Å²) in [6.07, 6.45) is -0.637. The summed E-state index contributed by atoms with van der Waals surface area (Å²) >= 11 is 0. The summed E-state index contributed by atoms with van der Waals surface area (Å²) in [6.45, 7) is 0.313. The van der Waals surface area contributed by atoms with Gasteiger partial charge in [-0.1, -0.05) is 0 Å². The number of amides is 1. The summed E-state index contributed by atoms with van der Waals surface area (Å²) < 4.78 is 24.6. The Morgan fingerprint density at radius 3 is 2.62 bits per heavy atom. The van der Waals surface area contributed by atoms with Crippen LogP contribution in [-0.4, -0.2) is 40.9 Å². The second kappa shape index (κ2) is 5.77. The fraction of sp³-hybridized carbons (Fsp3) is 0.800. The summed E-state index contributed by atoms with van der Waals surface area (Å²) in [4.78, 5) is 22.7. The minimum atomic E-state index is -2.99. The van der Waals surface area contributed by atoms with E-state index < -0.39 is 18.3 Å². The van der Waals surface area contributed by atoms with Gasteiger partial charge in [-0.3, -0.25) is 9.59 Å². The van der Waals surface area contributed by atoms with Crippen molar-refractivity contribution in [3.8, 4) is 0 Å². The van der Waals surface area contributed by atoms with Crippen LogP contribution in [0, 0.1) is 0 Å². The fourth-order valence-electron chi connectivity index (χ4n) is 2.01. The van der Waals surface area contributed by atoms with Gasteiger partial charge in [0, 0.05) is 19.0 Å². The van der Waals surface area contributed by atoms with Crippen LogP contribution in [0.1, 0.15) is 32.1 Å². The van der Waals surface area contributed by atoms with Crippen molar-refractivity contribution in [3.63, 3.8) is 0 Å². The van der Waals surface area contributed by atoms with Crippen LogP contribution in [0.3, 0.4) is 0 Å². The SMILES string of the molecule is O=C(O)CCC1CCCCN1C(=O)C(F)F. The lowest BCUT2D eigenvalue weighted by Gasteiger charge is -2.35. The first kappa shape index (κ1) is 12.9. The normalized spacial score (nSPS) is 21.2. The zero-order valence-corrected chi connectivity index (χ0v) is 8.86. The third-order valence-corrected chi connectivity index (χ3v) is 2.79. The van der Waals surface area contributed by atoms with Gasteiger partial charge in [-0.05, 0) is 25.7 Å². The lowest BCUT2D eigenvalue weighted by Crippen LogP contribution is -2.46. The van der Waals surface area contributed by atoms with Crippen molar-refractivity contribution in [3.05, 3.63) is 0 Å². The quantitative estimate of drug-likeness (QED) is 0.803. The molecule has 1 unspecified atom stereocenters. The first-order valence-electron chi connectivity index (χ1n) is 5.33. The van der Waals surface area contributed by atoms with Crippen molar-refractivity contribution in [2.75, 3.05) is 6.54 Å². The third-order valence-electron chi connectivity index (χ3n) is 2.79. The van der Waals surface area contributed by atoms with E-state index in [1.165, 1.54) is 0 Å². The lowest BCUT2D eigenvalue weighted by atomic mass is 9.98. The third kappa shape index (κ3) is 3.43. The second-order valence-corrected chi connectivity index (χ2v) is 3.91. The second-order valence-electron chi connectivity index (χ2n) is 3.91. The summed E-state index contributed by atoms with van der Waals surface area (Å²) in [7, 11) is 0. The summed E-state index contributed by atoms with van der Waals surface area (Å²) in [5.41, 5.74) is 0. The van der Waals surface area contributed by atoms with Gasteiger partial charge in [0.05, 0.1) is 0 Å². The molecule has 1 rings (SSSR count). The van der Waals surface area contributed by atoms with Crippen molar-refractivity contribution in [1.29, 1.82) is 0 Å². The molecule has 0 spiro atoms. The van der Waals surface area contributed by atoms with Crippen LogP contribution in [0.4, 0.5) is 8.78 Å². The standard InChI is InChI=1S/C10H15F2NO3/c11-9(12)10(16)13-6-2-1-3-7(13)4-5-8(14)15/h7,9H,1-6H2,(H,14,15). The number of carboxylic acids is 1. The van der Waals surface area contributed by atoms with E-state index in [0.717, 1.165) is 11.3 Å². The highest BCUT2D eigenvalue weighted by molar-refractivity contribution is 5.79. The van der Waals surface area contributed by atoms with Crippen LogP contribution >= 0.6 is 0 Å². The number of carbonyl (C=O) groups is 2. The van der Waals surface area contributed by atoms with Crippen LogP contribution in [0.2, 0.25) is 0 Å². The van der Waals surface area contributed by atoms with Gasteiger partial charge in [-0.15, -0.1) is 0 Å². The van der Waals surface area contributed by atoms with Gasteiger partial charge in [0.2, 0.25) is 0 Å². The van der Waals surface area contributed by atoms with E-state index in [0.29, 0.717) is 19.4 Å². The van der Waals surface area contributed by atoms with Gasteiger partial charge in [-0.25, -0.2) is 0 Å². The maximum Gasteiger partial charge on any atom is 0.315 e. The van der Waals surface area contributed by atoms with Gasteiger partial charge in [-0.2, -0.15) is 8.78 Å². The van der Waals surface area contributed by atoms with Crippen LogP contribution in [-0.2, 0) is 9.59 Å². The molecule has 0 radical (unpaired) electrons. The van der Waals surface area contributed by atoms with Crippen molar-refractivity contribution in [2.45, 2.75) is 44.6 Å². The molecular weight excluding hydrogens is 220 g/mol. The van der Waals surface area contributed by atoms with E-state index >= 15 is 0 Å². The zero-order chi connectivity index (χ0) is 12.1. The fourth-order valence-corrected chi connectivity index (χ4v) is 2.01. The molecule has 0 aromatic rings. The van der Waals surface area contributed by atoms with Crippen LogP contribution < -0.4 is 0 Å². The molecule has 0 aromatic heterocycles. The maximum atomic E-state index is 12.3. The molecule has 1 atom stereocenters. The number of carboxylic acid groups (broad SMARTS) is 1. The summed E-state index contributed by atoms with van der Waals surface area (Å²) in [6, 6.07) is -0.341. The first-order chi connectivity index (χ1) is 7.52. The molecule has 1 aliphatic rings. The monoisotopic (exact) mass is 235 g/mol. The summed E-state index contributed by atoms with van der Waals surface area (Å²) in [5.74, 6) is -2.13. The Morgan fingerprint density at radius 1 is 1.38 bits per heavy atom. The Balaban J connectivity index is 2.56. The zero-order valence-electron chi connectivity index (χ0n) is 8.86. The molecule has 1 fully saturated rings. The van der Waals surface area contributed by atoms with E-state index in [-0.39, 0.29) is 18.9 Å². The molecule has 92 valence electrons. The van der Waals surface area contributed by atoms with Crippen molar-refractivity contribution in [2.24, 2.45) is 0 Å². The van der Waals surface area contributed by atoms with Crippen molar-refractivity contribution in [1.82, 2.24) is 4.90 Å². The number of likely N-dealkylation sites (tertiary alicyclic amines) is 1. The van der Waals surface area contributed by atoms with Crippen molar-refractivity contribution < 1.29 is 23.5 Å². The van der Waals surface area contributed by atoms with Gasteiger partial charge in [0.25, 0.3) is 5.91 Å². The average Bonchev–Trinajstić information content (AvgIpc) is 2.25. The van der Waals surface area contributed by atoms with E-state index in [4.69, 9.17) is 5.11 Å². The Bertz CT molecular complexity index is 271. The Kier molecular flexibility index (Phi) is 4.64. The highest BCUT2D eigenvalue weighted by Crippen LogP contribution is 2.22. The number of piperidine rings is 1. The highest BCUT2D eigenvalue weighted by Gasteiger charge is 2.31. The topological polar surface area (TPSA) is 57.6 Å². The molecule has 0 aromatic carbocycles. The van der Waals surface area contributed by atoms with E-state index in [1.54, 1.807) is 0 Å². The van der Waals surface area contributed by atoms with Gasteiger partial charge < -0.3 is 10.0 Å². The molecule has 6 heteroatoms. The molecule has 0 saturated carbocycles.